The fourth-order valence-corrected chi connectivity index (χ4v) is 2.93. The van der Waals surface area contributed by atoms with Crippen LogP contribution in [0, 0.1) is 0 Å². The van der Waals surface area contributed by atoms with E-state index in [1.165, 1.54) is 12.1 Å². The zero-order valence-electron chi connectivity index (χ0n) is 12.5. The van der Waals surface area contributed by atoms with Crippen LogP contribution in [0.25, 0.3) is 0 Å². The first-order valence-corrected chi connectivity index (χ1v) is 7.61. The van der Waals surface area contributed by atoms with Crippen molar-refractivity contribution in [3.05, 3.63) is 23.8 Å². The van der Waals surface area contributed by atoms with Crippen molar-refractivity contribution in [2.75, 3.05) is 6.54 Å². The molecular formula is C16H24N2O3. The van der Waals surface area contributed by atoms with Gasteiger partial charge in [-0.3, -0.25) is 4.79 Å². The normalized spacial score (nSPS) is 22.0. The minimum absolute atomic E-state index is 0.0902. The molecule has 0 radical (unpaired) electrons. The van der Waals surface area contributed by atoms with Gasteiger partial charge in [-0.2, -0.15) is 0 Å². The number of hydrogen-bond acceptors (Lipinski definition) is 4. The second kappa shape index (κ2) is 6.80. The molecular weight excluding hydrogens is 268 g/mol. The number of carbonyl (C=O) groups excluding carboxylic acids is 1. The molecule has 1 fully saturated rings. The average Bonchev–Trinajstić information content (AvgIpc) is 2.48. The van der Waals surface area contributed by atoms with Crippen molar-refractivity contribution in [3.8, 4) is 11.5 Å². The Bertz CT molecular complexity index is 496. The van der Waals surface area contributed by atoms with E-state index in [0.717, 1.165) is 32.1 Å². The first kappa shape index (κ1) is 15.6. The Hall–Kier alpha value is -1.75. The van der Waals surface area contributed by atoms with Crippen LogP contribution in [0.4, 0.5) is 0 Å². The summed E-state index contributed by atoms with van der Waals surface area (Å²) in [6.45, 7) is 2.74. The van der Waals surface area contributed by atoms with Crippen LogP contribution in [0.3, 0.4) is 0 Å². The zero-order chi connectivity index (χ0) is 15.4. The average molecular weight is 292 g/mol. The van der Waals surface area contributed by atoms with Gasteiger partial charge in [-0.15, -0.1) is 0 Å². The quantitative estimate of drug-likeness (QED) is 0.743. The second-order valence-electron chi connectivity index (χ2n) is 5.77. The molecule has 0 heterocycles. The number of benzene rings is 1. The first-order chi connectivity index (χ1) is 10.0. The maximum atomic E-state index is 12.7. The van der Waals surface area contributed by atoms with Crippen LogP contribution >= 0.6 is 0 Å². The highest BCUT2D eigenvalue weighted by Crippen LogP contribution is 2.28. The number of amides is 1. The molecule has 0 saturated heterocycles. The van der Waals surface area contributed by atoms with Crippen molar-refractivity contribution >= 4 is 5.91 Å². The lowest BCUT2D eigenvalue weighted by atomic mass is 9.90. The minimum Gasteiger partial charge on any atom is -0.504 e. The summed E-state index contributed by atoms with van der Waals surface area (Å²) in [5.41, 5.74) is 6.34. The van der Waals surface area contributed by atoms with Crippen molar-refractivity contribution < 1.29 is 15.0 Å². The summed E-state index contributed by atoms with van der Waals surface area (Å²) >= 11 is 0. The number of nitrogens with two attached hydrogens (primary N) is 1. The molecule has 1 amide bonds. The lowest BCUT2D eigenvalue weighted by Crippen LogP contribution is -2.44. The lowest BCUT2D eigenvalue weighted by molar-refractivity contribution is 0.0626. The molecule has 1 aromatic rings. The molecule has 2 rings (SSSR count). The predicted octanol–water partition coefficient (Wildman–Crippen LogP) is 2.22. The summed E-state index contributed by atoms with van der Waals surface area (Å²) in [5.74, 6) is -0.562. The maximum absolute atomic E-state index is 12.7. The maximum Gasteiger partial charge on any atom is 0.254 e. The standard InChI is InChI=1S/C16H24N2O3/c1-2-9-18(13-6-4-12(17)5-7-13)16(21)11-3-8-14(19)15(20)10-11/h3,8,10,12-13,19-20H,2,4-7,9,17H2,1H3. The molecule has 5 nitrogen and oxygen atoms in total. The van der Waals surface area contributed by atoms with Crippen molar-refractivity contribution in [2.45, 2.75) is 51.1 Å². The number of nitrogens with zero attached hydrogens (tertiary/aromatic N) is 1. The van der Waals surface area contributed by atoms with Crippen LogP contribution in [-0.2, 0) is 0 Å². The smallest absolute Gasteiger partial charge is 0.254 e. The zero-order valence-corrected chi connectivity index (χ0v) is 12.5. The summed E-state index contributed by atoms with van der Waals surface area (Å²) in [4.78, 5) is 14.6. The Morgan fingerprint density at radius 2 is 1.90 bits per heavy atom. The second-order valence-corrected chi connectivity index (χ2v) is 5.77. The third-order valence-electron chi connectivity index (χ3n) is 4.13. The van der Waals surface area contributed by atoms with Gasteiger partial charge in [0.25, 0.3) is 5.91 Å². The van der Waals surface area contributed by atoms with Gasteiger partial charge in [0.1, 0.15) is 0 Å². The van der Waals surface area contributed by atoms with Crippen LogP contribution in [0.15, 0.2) is 18.2 Å². The van der Waals surface area contributed by atoms with E-state index in [9.17, 15) is 15.0 Å². The monoisotopic (exact) mass is 292 g/mol. The fourth-order valence-electron chi connectivity index (χ4n) is 2.93. The molecule has 4 N–H and O–H groups in total. The number of rotatable bonds is 4. The first-order valence-electron chi connectivity index (χ1n) is 7.61. The van der Waals surface area contributed by atoms with E-state index in [-0.39, 0.29) is 29.5 Å². The van der Waals surface area contributed by atoms with Crippen LogP contribution in [0.2, 0.25) is 0 Å². The Balaban J connectivity index is 2.16. The lowest BCUT2D eigenvalue weighted by Gasteiger charge is -2.36. The van der Waals surface area contributed by atoms with Gasteiger partial charge in [-0.05, 0) is 50.3 Å². The molecule has 0 unspecified atom stereocenters. The van der Waals surface area contributed by atoms with E-state index >= 15 is 0 Å². The molecule has 0 bridgehead atoms. The molecule has 0 atom stereocenters. The molecule has 1 aliphatic rings. The highest BCUT2D eigenvalue weighted by atomic mass is 16.3. The SMILES string of the molecule is CCCN(C(=O)c1ccc(O)c(O)c1)C1CCC(N)CC1. The van der Waals surface area contributed by atoms with E-state index in [0.29, 0.717) is 12.1 Å². The largest absolute Gasteiger partial charge is 0.504 e. The summed E-state index contributed by atoms with van der Waals surface area (Å²) in [5, 5.41) is 18.9. The highest BCUT2D eigenvalue weighted by Gasteiger charge is 2.28. The molecule has 1 aromatic carbocycles. The van der Waals surface area contributed by atoms with E-state index in [1.54, 1.807) is 6.07 Å². The molecule has 116 valence electrons. The van der Waals surface area contributed by atoms with Gasteiger partial charge in [0, 0.05) is 24.2 Å². The number of hydrogen-bond donors (Lipinski definition) is 3. The number of aromatic hydroxyl groups is 2. The molecule has 21 heavy (non-hydrogen) atoms. The van der Waals surface area contributed by atoms with Crippen molar-refractivity contribution in [1.82, 2.24) is 4.90 Å². The van der Waals surface area contributed by atoms with Crippen molar-refractivity contribution in [1.29, 1.82) is 0 Å². The van der Waals surface area contributed by atoms with Crippen molar-refractivity contribution in [2.24, 2.45) is 5.73 Å². The van der Waals surface area contributed by atoms with Crippen molar-refractivity contribution in [3.63, 3.8) is 0 Å². The molecule has 0 aliphatic heterocycles. The summed E-state index contributed by atoms with van der Waals surface area (Å²) in [7, 11) is 0. The summed E-state index contributed by atoms with van der Waals surface area (Å²) < 4.78 is 0. The van der Waals surface area contributed by atoms with Crippen LogP contribution < -0.4 is 5.73 Å². The van der Waals surface area contributed by atoms with Gasteiger partial charge >= 0.3 is 0 Å². The molecule has 0 aromatic heterocycles. The van der Waals surface area contributed by atoms with E-state index in [2.05, 4.69) is 0 Å². The van der Waals surface area contributed by atoms with E-state index in [4.69, 9.17) is 5.73 Å². The van der Waals surface area contributed by atoms with Gasteiger partial charge in [-0.1, -0.05) is 6.92 Å². The van der Waals surface area contributed by atoms with Crippen LogP contribution in [0.5, 0.6) is 11.5 Å². The van der Waals surface area contributed by atoms with Gasteiger partial charge in [0.15, 0.2) is 11.5 Å². The Labute approximate surface area is 125 Å². The molecule has 1 saturated carbocycles. The molecule has 1 aliphatic carbocycles. The van der Waals surface area contributed by atoms with Gasteiger partial charge < -0.3 is 20.8 Å². The van der Waals surface area contributed by atoms with Gasteiger partial charge in [0.05, 0.1) is 0 Å². The van der Waals surface area contributed by atoms with E-state index in [1.807, 2.05) is 11.8 Å². The van der Waals surface area contributed by atoms with Crippen LogP contribution in [0.1, 0.15) is 49.4 Å². The van der Waals surface area contributed by atoms with E-state index < -0.39 is 0 Å². The Morgan fingerprint density at radius 1 is 1.24 bits per heavy atom. The number of phenolic OH excluding ortho intramolecular Hbond substituents is 2. The minimum atomic E-state index is -0.261. The topological polar surface area (TPSA) is 86.8 Å². The Morgan fingerprint density at radius 3 is 2.48 bits per heavy atom. The molecule has 0 spiro atoms. The highest BCUT2D eigenvalue weighted by molar-refractivity contribution is 5.95. The molecule has 5 heteroatoms. The van der Waals surface area contributed by atoms with Crippen LogP contribution in [-0.4, -0.2) is 39.6 Å². The third kappa shape index (κ3) is 3.67. The van der Waals surface area contributed by atoms with Gasteiger partial charge in [-0.25, -0.2) is 0 Å². The fraction of sp³-hybridized carbons (Fsp3) is 0.562. The predicted molar refractivity (Wildman–Crippen MR) is 81.3 cm³/mol. The van der Waals surface area contributed by atoms with Gasteiger partial charge in [0.2, 0.25) is 0 Å². The third-order valence-corrected chi connectivity index (χ3v) is 4.13. The summed E-state index contributed by atoms with van der Waals surface area (Å²) in [6, 6.07) is 4.69. The number of carbonyl (C=O) groups is 1. The number of phenols is 2. The summed E-state index contributed by atoms with van der Waals surface area (Å²) in [6.07, 6.45) is 4.63. The Kier molecular flexibility index (Phi) is 5.07.